The fraction of sp³-hybridized carbons (Fsp3) is 0.933. The zero-order valence-electron chi connectivity index (χ0n) is 12.3. The van der Waals surface area contributed by atoms with Crippen molar-refractivity contribution in [2.75, 3.05) is 6.26 Å². The van der Waals surface area contributed by atoms with Gasteiger partial charge in [0, 0.05) is 6.26 Å². The molecule has 0 spiro atoms. The molecule has 114 valence electrons. The molecule has 0 bridgehead atoms. The van der Waals surface area contributed by atoms with Crippen molar-refractivity contribution in [3.63, 3.8) is 0 Å². The van der Waals surface area contributed by atoms with Crippen LogP contribution < -0.4 is 0 Å². The third-order valence-electron chi connectivity index (χ3n) is 5.32. The second-order valence-electron chi connectivity index (χ2n) is 6.60. The van der Waals surface area contributed by atoms with E-state index in [0.29, 0.717) is 32.1 Å². The second kappa shape index (κ2) is 5.65. The van der Waals surface area contributed by atoms with Gasteiger partial charge < -0.3 is 5.11 Å². The Hall–Kier alpha value is -0.600. The normalized spacial score (nSPS) is 35.0. The van der Waals surface area contributed by atoms with Crippen molar-refractivity contribution in [3.8, 4) is 6.07 Å². The molecule has 2 aliphatic rings. The van der Waals surface area contributed by atoms with E-state index in [9.17, 15) is 18.8 Å². The van der Waals surface area contributed by atoms with Gasteiger partial charge in [-0.1, -0.05) is 32.1 Å². The van der Waals surface area contributed by atoms with Crippen LogP contribution in [0, 0.1) is 16.7 Å². The Morgan fingerprint density at radius 1 is 1.05 bits per heavy atom. The third-order valence-corrected chi connectivity index (χ3v) is 6.98. The lowest BCUT2D eigenvalue weighted by Gasteiger charge is -2.44. The molecule has 0 aromatic heterocycles. The summed E-state index contributed by atoms with van der Waals surface area (Å²) in [4.78, 5) is 0. The Kier molecular flexibility index (Phi) is 4.46. The molecule has 0 heterocycles. The van der Waals surface area contributed by atoms with Crippen molar-refractivity contribution in [1.82, 2.24) is 0 Å². The lowest BCUT2D eigenvalue weighted by molar-refractivity contribution is -0.0589. The Balaban J connectivity index is 2.39. The summed E-state index contributed by atoms with van der Waals surface area (Å²) in [6.07, 6.45) is 9.22. The minimum absolute atomic E-state index is 0.443. The highest BCUT2D eigenvalue weighted by Gasteiger charge is 2.59. The van der Waals surface area contributed by atoms with Crippen molar-refractivity contribution in [3.05, 3.63) is 0 Å². The standard InChI is InChI=1S/C15H25NO3S/c1-20(18,19)13-8-7-11-15(13,17)14(12-16)9-5-3-2-4-6-10-14/h13,17H,2-11H2,1H3. The summed E-state index contributed by atoms with van der Waals surface area (Å²) in [5.41, 5.74) is -2.23. The SMILES string of the molecule is CS(=O)(=O)C1CCCC1(O)C1(C#N)CCCCCCC1. The van der Waals surface area contributed by atoms with E-state index in [-0.39, 0.29) is 0 Å². The highest BCUT2D eigenvalue weighted by Crippen LogP contribution is 2.52. The smallest absolute Gasteiger partial charge is 0.153 e. The molecule has 0 aromatic carbocycles. The van der Waals surface area contributed by atoms with Crippen molar-refractivity contribution in [1.29, 1.82) is 5.26 Å². The summed E-state index contributed by atoms with van der Waals surface area (Å²) >= 11 is 0. The molecule has 2 unspecified atom stereocenters. The van der Waals surface area contributed by atoms with Crippen LogP contribution in [0.4, 0.5) is 0 Å². The average molecular weight is 299 g/mol. The van der Waals surface area contributed by atoms with Gasteiger partial charge in [0.15, 0.2) is 9.84 Å². The van der Waals surface area contributed by atoms with Gasteiger partial charge in [0.1, 0.15) is 0 Å². The van der Waals surface area contributed by atoms with E-state index in [4.69, 9.17) is 0 Å². The molecule has 2 fully saturated rings. The number of rotatable bonds is 2. The summed E-state index contributed by atoms with van der Waals surface area (Å²) in [5.74, 6) is 0. The summed E-state index contributed by atoms with van der Waals surface area (Å²) in [7, 11) is -3.33. The Morgan fingerprint density at radius 3 is 2.10 bits per heavy atom. The summed E-state index contributed by atoms with van der Waals surface area (Å²) in [5, 5.41) is 20.2. The van der Waals surface area contributed by atoms with Gasteiger partial charge in [-0.05, 0) is 32.1 Å². The maximum absolute atomic E-state index is 12.0. The van der Waals surface area contributed by atoms with Crippen LogP contribution in [0.5, 0.6) is 0 Å². The summed E-state index contributed by atoms with van der Waals surface area (Å²) < 4.78 is 24.1. The Labute approximate surface area is 122 Å². The average Bonchev–Trinajstić information content (AvgIpc) is 2.73. The number of nitrogens with zero attached hydrogens (tertiary/aromatic N) is 1. The molecule has 4 nitrogen and oxygen atoms in total. The Bertz CT molecular complexity index is 486. The minimum Gasteiger partial charge on any atom is -0.387 e. The molecule has 0 radical (unpaired) electrons. The van der Waals surface area contributed by atoms with Gasteiger partial charge >= 0.3 is 0 Å². The predicted octanol–water partition coefficient (Wildman–Crippen LogP) is 2.57. The van der Waals surface area contributed by atoms with Crippen LogP contribution in [0.2, 0.25) is 0 Å². The molecule has 2 saturated carbocycles. The number of aliphatic hydroxyl groups is 1. The van der Waals surface area contributed by atoms with E-state index in [1.165, 1.54) is 12.7 Å². The van der Waals surface area contributed by atoms with Crippen LogP contribution in [0.25, 0.3) is 0 Å². The van der Waals surface area contributed by atoms with Crippen LogP contribution in [0.3, 0.4) is 0 Å². The monoisotopic (exact) mass is 299 g/mol. The van der Waals surface area contributed by atoms with Crippen LogP contribution in [0.15, 0.2) is 0 Å². The van der Waals surface area contributed by atoms with Gasteiger partial charge in [0.05, 0.1) is 22.3 Å². The molecule has 2 aliphatic carbocycles. The van der Waals surface area contributed by atoms with E-state index in [1.54, 1.807) is 0 Å². The molecule has 2 rings (SSSR count). The fourth-order valence-electron chi connectivity index (χ4n) is 4.22. The zero-order valence-corrected chi connectivity index (χ0v) is 13.1. The van der Waals surface area contributed by atoms with Gasteiger partial charge in [0.25, 0.3) is 0 Å². The van der Waals surface area contributed by atoms with Gasteiger partial charge in [-0.2, -0.15) is 5.26 Å². The number of hydrogen-bond acceptors (Lipinski definition) is 4. The minimum atomic E-state index is -3.33. The summed E-state index contributed by atoms with van der Waals surface area (Å²) in [6, 6.07) is 2.36. The van der Waals surface area contributed by atoms with Crippen molar-refractivity contribution in [2.45, 2.75) is 75.1 Å². The van der Waals surface area contributed by atoms with Crippen LogP contribution in [-0.4, -0.2) is 30.6 Å². The molecule has 5 heteroatoms. The lowest BCUT2D eigenvalue weighted by Crippen LogP contribution is -2.55. The van der Waals surface area contributed by atoms with E-state index in [2.05, 4.69) is 6.07 Å². The molecule has 0 aliphatic heterocycles. The Morgan fingerprint density at radius 2 is 1.60 bits per heavy atom. The third kappa shape index (κ3) is 2.60. The van der Waals surface area contributed by atoms with Crippen LogP contribution >= 0.6 is 0 Å². The molecule has 1 N–H and O–H groups in total. The zero-order chi connectivity index (χ0) is 14.9. The molecular weight excluding hydrogens is 274 g/mol. The van der Waals surface area contributed by atoms with Gasteiger partial charge in [-0.3, -0.25) is 0 Å². The maximum Gasteiger partial charge on any atom is 0.153 e. The molecule has 2 atom stereocenters. The fourth-order valence-corrected chi connectivity index (χ4v) is 5.87. The number of nitriles is 1. The van der Waals surface area contributed by atoms with Gasteiger partial charge in [-0.15, -0.1) is 0 Å². The largest absolute Gasteiger partial charge is 0.387 e. The maximum atomic E-state index is 12.0. The number of sulfone groups is 1. The quantitative estimate of drug-likeness (QED) is 0.850. The predicted molar refractivity (Wildman–Crippen MR) is 77.8 cm³/mol. The van der Waals surface area contributed by atoms with E-state index in [0.717, 1.165) is 25.7 Å². The number of hydrogen-bond donors (Lipinski definition) is 1. The molecule has 20 heavy (non-hydrogen) atoms. The van der Waals surface area contributed by atoms with Crippen molar-refractivity contribution >= 4 is 9.84 Å². The lowest BCUT2D eigenvalue weighted by atomic mass is 9.64. The van der Waals surface area contributed by atoms with E-state index < -0.39 is 26.1 Å². The van der Waals surface area contributed by atoms with Gasteiger partial charge in [-0.25, -0.2) is 8.42 Å². The topological polar surface area (TPSA) is 78.2 Å². The highest BCUT2D eigenvalue weighted by atomic mass is 32.2. The molecular formula is C15H25NO3S. The van der Waals surface area contributed by atoms with E-state index >= 15 is 0 Å². The van der Waals surface area contributed by atoms with E-state index in [1.807, 2.05) is 0 Å². The summed E-state index contributed by atoms with van der Waals surface area (Å²) in [6.45, 7) is 0. The first-order chi connectivity index (χ1) is 9.36. The van der Waals surface area contributed by atoms with Crippen molar-refractivity contribution in [2.24, 2.45) is 5.41 Å². The van der Waals surface area contributed by atoms with Gasteiger partial charge in [0.2, 0.25) is 0 Å². The van der Waals surface area contributed by atoms with Crippen molar-refractivity contribution < 1.29 is 13.5 Å². The van der Waals surface area contributed by atoms with Crippen LogP contribution in [-0.2, 0) is 9.84 Å². The first kappa shape index (κ1) is 15.8. The molecule has 0 aromatic rings. The second-order valence-corrected chi connectivity index (χ2v) is 8.82. The highest BCUT2D eigenvalue weighted by molar-refractivity contribution is 7.91. The first-order valence-corrected chi connectivity index (χ1v) is 9.64. The molecule has 0 amide bonds. The first-order valence-electron chi connectivity index (χ1n) is 7.68. The van der Waals surface area contributed by atoms with Crippen LogP contribution in [0.1, 0.15) is 64.2 Å². The molecule has 0 saturated heterocycles.